The van der Waals surface area contributed by atoms with E-state index in [2.05, 4.69) is 14.6 Å². The molecule has 0 spiro atoms. The highest BCUT2D eigenvalue weighted by atomic mass is 19.4. The summed E-state index contributed by atoms with van der Waals surface area (Å²) in [6.45, 7) is 1.57. The van der Waals surface area contributed by atoms with Crippen molar-refractivity contribution in [2.45, 2.75) is 25.7 Å². The van der Waals surface area contributed by atoms with E-state index in [-0.39, 0.29) is 5.75 Å². The summed E-state index contributed by atoms with van der Waals surface area (Å²) in [6.07, 6.45) is 0.527. The summed E-state index contributed by atoms with van der Waals surface area (Å²) in [4.78, 5) is 6.25. The van der Waals surface area contributed by atoms with Crippen LogP contribution in [0.25, 0.3) is 0 Å². The second-order valence-electron chi connectivity index (χ2n) is 5.22. The molecule has 0 radical (unpaired) electrons. The van der Waals surface area contributed by atoms with E-state index in [9.17, 15) is 13.2 Å². The van der Waals surface area contributed by atoms with Crippen molar-refractivity contribution in [1.29, 1.82) is 0 Å². The molecule has 0 atom stereocenters. The van der Waals surface area contributed by atoms with Gasteiger partial charge in [0.15, 0.2) is 0 Å². The zero-order valence-corrected chi connectivity index (χ0v) is 11.8. The number of hydrogen-bond donors (Lipinski definition) is 0. The van der Waals surface area contributed by atoms with E-state index >= 15 is 0 Å². The van der Waals surface area contributed by atoms with E-state index in [1.807, 2.05) is 12.1 Å². The molecule has 0 fully saturated rings. The van der Waals surface area contributed by atoms with E-state index in [4.69, 9.17) is 0 Å². The number of hydrogen-bond acceptors (Lipinski definition) is 3. The fourth-order valence-corrected chi connectivity index (χ4v) is 2.72. The lowest BCUT2D eigenvalue weighted by Gasteiger charge is -2.31. The minimum absolute atomic E-state index is 0.158. The van der Waals surface area contributed by atoms with Crippen molar-refractivity contribution in [3.05, 3.63) is 53.9 Å². The molecule has 1 aromatic carbocycles. The molecule has 1 aliphatic rings. The van der Waals surface area contributed by atoms with Gasteiger partial charge in [0.25, 0.3) is 0 Å². The van der Waals surface area contributed by atoms with E-state index in [0.717, 1.165) is 36.2 Å². The Morgan fingerprint density at radius 2 is 2.09 bits per heavy atom. The van der Waals surface area contributed by atoms with Gasteiger partial charge in [0.2, 0.25) is 0 Å². The summed E-state index contributed by atoms with van der Waals surface area (Å²) < 4.78 is 40.9. The third-order valence-corrected chi connectivity index (χ3v) is 3.60. The summed E-state index contributed by atoms with van der Waals surface area (Å²) in [6, 6.07) is 8.42. The van der Waals surface area contributed by atoms with Gasteiger partial charge in [0.05, 0.1) is 0 Å². The molecule has 6 heteroatoms. The van der Waals surface area contributed by atoms with Crippen LogP contribution in [0.3, 0.4) is 0 Å². The van der Waals surface area contributed by atoms with Crippen LogP contribution in [0.1, 0.15) is 17.5 Å². The molecule has 2 heterocycles. The first-order chi connectivity index (χ1) is 10.5. The van der Waals surface area contributed by atoms with Crippen molar-refractivity contribution >= 4 is 5.69 Å². The first kappa shape index (κ1) is 14.7. The third kappa shape index (κ3) is 3.50. The Morgan fingerprint density at radius 1 is 1.23 bits per heavy atom. The molecule has 3 rings (SSSR count). The van der Waals surface area contributed by atoms with Gasteiger partial charge in [0, 0.05) is 31.2 Å². The lowest BCUT2D eigenvalue weighted by molar-refractivity contribution is -0.274. The fourth-order valence-electron chi connectivity index (χ4n) is 2.72. The molecule has 0 unspecified atom stereocenters. The van der Waals surface area contributed by atoms with Gasteiger partial charge in [0.1, 0.15) is 5.75 Å². The number of anilines is 1. The molecule has 0 bridgehead atoms. The maximum absolute atomic E-state index is 12.3. The molecule has 2 aromatic rings. The van der Waals surface area contributed by atoms with Gasteiger partial charge in [-0.25, -0.2) is 0 Å². The van der Waals surface area contributed by atoms with Gasteiger partial charge < -0.3 is 9.64 Å². The van der Waals surface area contributed by atoms with Crippen molar-refractivity contribution in [2.24, 2.45) is 0 Å². The predicted molar refractivity (Wildman–Crippen MR) is 76.7 cm³/mol. The molecule has 1 aliphatic heterocycles. The monoisotopic (exact) mass is 308 g/mol. The van der Waals surface area contributed by atoms with Crippen LogP contribution in [0.5, 0.6) is 5.75 Å². The topological polar surface area (TPSA) is 25.4 Å². The number of aromatic nitrogens is 1. The number of aryl methyl sites for hydroxylation is 1. The number of rotatable bonds is 3. The second kappa shape index (κ2) is 5.87. The van der Waals surface area contributed by atoms with Crippen LogP contribution in [-0.2, 0) is 13.0 Å². The Kier molecular flexibility index (Phi) is 3.92. The smallest absolute Gasteiger partial charge is 0.406 e. The summed E-state index contributed by atoms with van der Waals surface area (Å²) in [5.74, 6) is -0.158. The molecule has 0 saturated heterocycles. The average molecular weight is 308 g/mol. The number of fused-ring (bicyclic) bond motifs is 1. The van der Waals surface area contributed by atoms with Crippen LogP contribution in [0.2, 0.25) is 0 Å². The van der Waals surface area contributed by atoms with Crippen LogP contribution in [0.15, 0.2) is 42.7 Å². The number of benzene rings is 1. The molecule has 0 amide bonds. The minimum Gasteiger partial charge on any atom is -0.406 e. The number of ether oxygens (including phenoxy) is 1. The number of halogens is 3. The van der Waals surface area contributed by atoms with Crippen LogP contribution in [0.4, 0.5) is 18.9 Å². The highest BCUT2D eigenvalue weighted by Gasteiger charge is 2.31. The summed E-state index contributed by atoms with van der Waals surface area (Å²) >= 11 is 0. The standard InChI is InChI=1S/C16H15F3N2O/c17-16(18,19)22-14-5-6-15-13(9-14)4-2-8-21(15)11-12-3-1-7-20-10-12/h1,3,5-7,9-10H,2,4,8,11H2. The normalized spacial score (nSPS) is 14.6. The van der Waals surface area contributed by atoms with Gasteiger partial charge in [-0.05, 0) is 48.2 Å². The first-order valence-corrected chi connectivity index (χ1v) is 7.04. The van der Waals surface area contributed by atoms with E-state index in [1.54, 1.807) is 18.5 Å². The van der Waals surface area contributed by atoms with E-state index in [0.29, 0.717) is 6.54 Å². The van der Waals surface area contributed by atoms with Crippen molar-refractivity contribution in [1.82, 2.24) is 4.98 Å². The average Bonchev–Trinajstić information content (AvgIpc) is 2.47. The number of pyridine rings is 1. The van der Waals surface area contributed by atoms with Crippen LogP contribution < -0.4 is 9.64 Å². The molecule has 0 saturated carbocycles. The Morgan fingerprint density at radius 3 is 2.82 bits per heavy atom. The maximum Gasteiger partial charge on any atom is 0.573 e. The summed E-state index contributed by atoms with van der Waals surface area (Å²) in [7, 11) is 0. The summed E-state index contributed by atoms with van der Waals surface area (Å²) in [5, 5.41) is 0. The molecule has 1 aromatic heterocycles. The molecule has 3 nitrogen and oxygen atoms in total. The number of nitrogens with zero attached hydrogens (tertiary/aromatic N) is 2. The van der Waals surface area contributed by atoms with Crippen LogP contribution in [0, 0.1) is 0 Å². The largest absolute Gasteiger partial charge is 0.573 e. The Labute approximate surface area is 126 Å². The predicted octanol–water partition coefficient (Wildman–Crippen LogP) is 3.93. The summed E-state index contributed by atoms with van der Waals surface area (Å²) in [5.41, 5.74) is 2.92. The first-order valence-electron chi connectivity index (χ1n) is 7.04. The SMILES string of the molecule is FC(F)(F)Oc1ccc2c(c1)CCCN2Cc1cccnc1. The van der Waals surface area contributed by atoms with Crippen LogP contribution in [-0.4, -0.2) is 17.9 Å². The Balaban J connectivity index is 1.81. The lowest BCUT2D eigenvalue weighted by atomic mass is 10.0. The van der Waals surface area contributed by atoms with Gasteiger partial charge in [-0.2, -0.15) is 0 Å². The second-order valence-corrected chi connectivity index (χ2v) is 5.22. The molecular weight excluding hydrogens is 293 g/mol. The van der Waals surface area contributed by atoms with Gasteiger partial charge in [-0.1, -0.05) is 6.07 Å². The third-order valence-electron chi connectivity index (χ3n) is 3.60. The Hall–Kier alpha value is -2.24. The van der Waals surface area contributed by atoms with Gasteiger partial charge in [-0.15, -0.1) is 13.2 Å². The van der Waals surface area contributed by atoms with Crippen molar-refractivity contribution in [3.63, 3.8) is 0 Å². The fraction of sp³-hybridized carbons (Fsp3) is 0.312. The molecule has 0 aliphatic carbocycles. The van der Waals surface area contributed by atoms with Crippen molar-refractivity contribution in [2.75, 3.05) is 11.4 Å². The van der Waals surface area contributed by atoms with E-state index < -0.39 is 6.36 Å². The lowest BCUT2D eigenvalue weighted by Crippen LogP contribution is -2.29. The van der Waals surface area contributed by atoms with Crippen molar-refractivity contribution < 1.29 is 17.9 Å². The van der Waals surface area contributed by atoms with Gasteiger partial charge in [-0.3, -0.25) is 4.98 Å². The van der Waals surface area contributed by atoms with Gasteiger partial charge >= 0.3 is 6.36 Å². The van der Waals surface area contributed by atoms with E-state index in [1.165, 1.54) is 12.1 Å². The maximum atomic E-state index is 12.3. The van der Waals surface area contributed by atoms with Crippen LogP contribution >= 0.6 is 0 Å². The molecule has 0 N–H and O–H groups in total. The Bertz CT molecular complexity index is 644. The highest BCUT2D eigenvalue weighted by molar-refractivity contribution is 5.58. The quantitative estimate of drug-likeness (QED) is 0.859. The minimum atomic E-state index is -4.65. The van der Waals surface area contributed by atoms with Crippen molar-refractivity contribution in [3.8, 4) is 5.75 Å². The highest BCUT2D eigenvalue weighted by Crippen LogP contribution is 2.33. The molecular formula is C16H15F3N2O. The molecule has 22 heavy (non-hydrogen) atoms. The molecule has 116 valence electrons. The zero-order chi connectivity index (χ0) is 15.6. The zero-order valence-electron chi connectivity index (χ0n) is 11.8. The number of alkyl halides is 3.